The van der Waals surface area contributed by atoms with Gasteiger partial charge in [0, 0.05) is 18.6 Å². The molecule has 5 heteroatoms. The summed E-state index contributed by atoms with van der Waals surface area (Å²) in [6, 6.07) is 0.663. The Morgan fingerprint density at radius 3 is 2.00 bits per heavy atom. The molecular weight excluding hydrogens is 224 g/mol. The Balaban J connectivity index is 3.07. The minimum atomic E-state index is -3.10. The lowest BCUT2D eigenvalue weighted by Crippen LogP contribution is -2.48. The van der Waals surface area contributed by atoms with Crippen LogP contribution < -0.4 is 0 Å². The quantitative estimate of drug-likeness (QED) is 0.757. The molecule has 4 nitrogen and oxygen atoms in total. The van der Waals surface area contributed by atoms with Gasteiger partial charge >= 0.3 is 0 Å². The smallest absolute Gasteiger partial charge is 0.212 e. The van der Waals surface area contributed by atoms with Crippen molar-refractivity contribution in [2.45, 2.75) is 52.9 Å². The van der Waals surface area contributed by atoms with Crippen molar-refractivity contribution in [3.05, 3.63) is 0 Å². The topological polar surface area (TPSA) is 40.6 Å². The van der Waals surface area contributed by atoms with Crippen molar-refractivity contribution in [1.82, 2.24) is 9.21 Å². The predicted octanol–water partition coefficient (Wildman–Crippen LogP) is 1.34. The predicted molar refractivity (Wildman–Crippen MR) is 66.6 cm³/mol. The van der Waals surface area contributed by atoms with Crippen molar-refractivity contribution in [3.8, 4) is 0 Å². The van der Waals surface area contributed by atoms with Crippen molar-refractivity contribution < 1.29 is 8.42 Å². The molecule has 1 unspecified atom stereocenters. The van der Waals surface area contributed by atoms with E-state index in [9.17, 15) is 8.42 Å². The van der Waals surface area contributed by atoms with Gasteiger partial charge in [-0.1, -0.05) is 13.8 Å². The molecule has 1 saturated heterocycles. The van der Waals surface area contributed by atoms with Crippen molar-refractivity contribution in [2.75, 3.05) is 12.8 Å². The van der Waals surface area contributed by atoms with Gasteiger partial charge in [0.2, 0.25) is 10.0 Å². The maximum atomic E-state index is 11.8. The second-order valence-electron chi connectivity index (χ2n) is 5.38. The normalized spacial score (nSPS) is 29.5. The first kappa shape index (κ1) is 13.9. The van der Waals surface area contributed by atoms with E-state index in [1.54, 1.807) is 4.31 Å². The summed E-state index contributed by atoms with van der Waals surface area (Å²) >= 11 is 0. The standard InChI is InChI=1S/C11H24N2O2S/c1-8(2)11-12(16(6,14)15)7-10(5)13(11)9(3)4/h8-11H,7H2,1-6H3/t10-,11?/m0/s1. The molecule has 0 radical (unpaired) electrons. The van der Waals surface area contributed by atoms with Crippen LogP contribution in [0.2, 0.25) is 0 Å². The first-order valence-corrected chi connectivity index (χ1v) is 7.75. The number of hydrogen-bond acceptors (Lipinski definition) is 3. The van der Waals surface area contributed by atoms with Crippen LogP contribution in [0.3, 0.4) is 0 Å². The molecule has 1 rings (SSSR count). The van der Waals surface area contributed by atoms with Crippen molar-refractivity contribution in [2.24, 2.45) is 5.92 Å². The molecule has 0 aromatic heterocycles. The molecule has 1 fully saturated rings. The second kappa shape index (κ2) is 4.63. The van der Waals surface area contributed by atoms with Gasteiger partial charge in [0.05, 0.1) is 12.4 Å². The Hall–Kier alpha value is -0.130. The van der Waals surface area contributed by atoms with E-state index >= 15 is 0 Å². The zero-order valence-corrected chi connectivity index (χ0v) is 12.0. The van der Waals surface area contributed by atoms with E-state index in [2.05, 4.69) is 39.5 Å². The number of nitrogens with zero attached hydrogens (tertiary/aromatic N) is 2. The molecule has 1 aliphatic heterocycles. The molecule has 0 amide bonds. The van der Waals surface area contributed by atoms with Gasteiger partial charge in [-0.3, -0.25) is 4.90 Å². The lowest BCUT2D eigenvalue weighted by Gasteiger charge is -2.36. The SMILES string of the molecule is CC(C)C1N(C(C)C)[C@@H](C)CN1S(C)(=O)=O. The van der Waals surface area contributed by atoms with Crippen molar-refractivity contribution in [3.63, 3.8) is 0 Å². The number of hydrogen-bond donors (Lipinski definition) is 0. The van der Waals surface area contributed by atoms with E-state index < -0.39 is 10.0 Å². The molecule has 1 aliphatic rings. The summed E-state index contributed by atoms with van der Waals surface area (Å²) in [4.78, 5) is 2.30. The average Bonchev–Trinajstić information content (AvgIpc) is 2.41. The molecule has 96 valence electrons. The minimum absolute atomic E-state index is 0.00463. The fourth-order valence-electron chi connectivity index (χ4n) is 2.69. The van der Waals surface area contributed by atoms with Gasteiger partial charge in [-0.2, -0.15) is 4.31 Å². The molecule has 16 heavy (non-hydrogen) atoms. The van der Waals surface area contributed by atoms with E-state index in [1.807, 2.05) is 0 Å². The van der Waals surface area contributed by atoms with Gasteiger partial charge in [-0.15, -0.1) is 0 Å². The summed E-state index contributed by atoms with van der Waals surface area (Å²) < 4.78 is 25.2. The molecule has 2 atom stereocenters. The fraction of sp³-hybridized carbons (Fsp3) is 1.00. The van der Waals surface area contributed by atoms with Crippen LogP contribution >= 0.6 is 0 Å². The van der Waals surface area contributed by atoms with Crippen molar-refractivity contribution >= 4 is 10.0 Å². The van der Waals surface area contributed by atoms with Crippen LogP contribution in [0.4, 0.5) is 0 Å². The first-order chi connectivity index (χ1) is 7.16. The van der Waals surface area contributed by atoms with Gasteiger partial charge < -0.3 is 0 Å². The maximum absolute atomic E-state index is 11.8. The van der Waals surface area contributed by atoms with Crippen molar-refractivity contribution in [1.29, 1.82) is 0 Å². The third kappa shape index (κ3) is 2.57. The van der Waals surface area contributed by atoms with Crippen LogP contribution in [0.1, 0.15) is 34.6 Å². The van der Waals surface area contributed by atoms with Gasteiger partial charge in [0.25, 0.3) is 0 Å². The average molecular weight is 248 g/mol. The second-order valence-corrected chi connectivity index (χ2v) is 7.32. The molecule has 0 spiro atoms. The van der Waals surface area contributed by atoms with E-state index in [0.29, 0.717) is 24.5 Å². The maximum Gasteiger partial charge on any atom is 0.212 e. The molecular formula is C11H24N2O2S. The van der Waals surface area contributed by atoms with E-state index in [4.69, 9.17) is 0 Å². The third-order valence-electron chi connectivity index (χ3n) is 3.17. The Bertz CT molecular complexity index is 338. The van der Waals surface area contributed by atoms with E-state index in [0.717, 1.165) is 0 Å². The number of sulfonamides is 1. The Morgan fingerprint density at radius 1 is 1.19 bits per heavy atom. The monoisotopic (exact) mass is 248 g/mol. The lowest BCUT2D eigenvalue weighted by atomic mass is 10.1. The highest BCUT2D eigenvalue weighted by Crippen LogP contribution is 2.29. The van der Waals surface area contributed by atoms with Gasteiger partial charge in [0.1, 0.15) is 0 Å². The Morgan fingerprint density at radius 2 is 1.69 bits per heavy atom. The fourth-order valence-corrected chi connectivity index (χ4v) is 3.93. The van der Waals surface area contributed by atoms with Crippen LogP contribution in [0.5, 0.6) is 0 Å². The highest BCUT2D eigenvalue weighted by molar-refractivity contribution is 7.88. The summed E-state index contributed by atoms with van der Waals surface area (Å²) in [5.74, 6) is 0.307. The molecule has 1 heterocycles. The zero-order valence-electron chi connectivity index (χ0n) is 11.1. The summed E-state index contributed by atoms with van der Waals surface area (Å²) in [5, 5.41) is 0. The molecule has 0 aromatic carbocycles. The van der Waals surface area contributed by atoms with Gasteiger partial charge in [-0.05, 0) is 26.7 Å². The third-order valence-corrected chi connectivity index (χ3v) is 4.39. The largest absolute Gasteiger partial charge is 0.280 e. The van der Waals surface area contributed by atoms with Crippen LogP contribution in [-0.4, -0.2) is 48.7 Å². The highest BCUT2D eigenvalue weighted by Gasteiger charge is 2.44. The van der Waals surface area contributed by atoms with Crippen LogP contribution in [0.25, 0.3) is 0 Å². The zero-order chi connectivity index (χ0) is 12.7. The van der Waals surface area contributed by atoms with E-state index in [-0.39, 0.29) is 6.17 Å². The summed E-state index contributed by atoms with van der Waals surface area (Å²) in [7, 11) is -3.10. The number of rotatable bonds is 3. The summed E-state index contributed by atoms with van der Waals surface area (Å²) in [5.41, 5.74) is 0. The molecule has 0 N–H and O–H groups in total. The van der Waals surface area contributed by atoms with Crippen LogP contribution in [0, 0.1) is 5.92 Å². The molecule has 0 aromatic rings. The van der Waals surface area contributed by atoms with Crippen LogP contribution in [-0.2, 0) is 10.0 Å². The molecule has 0 aliphatic carbocycles. The Labute approximate surface area is 99.7 Å². The molecule has 0 saturated carbocycles. The van der Waals surface area contributed by atoms with E-state index in [1.165, 1.54) is 6.26 Å². The van der Waals surface area contributed by atoms with Gasteiger partial charge in [-0.25, -0.2) is 8.42 Å². The van der Waals surface area contributed by atoms with Crippen LogP contribution in [0.15, 0.2) is 0 Å². The first-order valence-electron chi connectivity index (χ1n) is 5.90. The van der Waals surface area contributed by atoms with Gasteiger partial charge in [0.15, 0.2) is 0 Å². The molecule has 0 bridgehead atoms. The lowest BCUT2D eigenvalue weighted by molar-refractivity contribution is 0.0921. The Kier molecular flexibility index (Phi) is 4.03. The summed E-state index contributed by atoms with van der Waals surface area (Å²) in [6.45, 7) is 11.1. The highest BCUT2D eigenvalue weighted by atomic mass is 32.2. The minimum Gasteiger partial charge on any atom is -0.280 e. The summed E-state index contributed by atoms with van der Waals surface area (Å²) in [6.07, 6.45) is 1.31.